The Morgan fingerprint density at radius 1 is 1.13 bits per heavy atom. The lowest BCUT2D eigenvalue weighted by Crippen LogP contribution is -1.85. The molecule has 78 valence electrons. The van der Waals surface area contributed by atoms with Gasteiger partial charge in [-0.15, -0.1) is 0 Å². The summed E-state index contributed by atoms with van der Waals surface area (Å²) in [7, 11) is 0. The van der Waals surface area contributed by atoms with Crippen molar-refractivity contribution in [3.8, 4) is 0 Å². The van der Waals surface area contributed by atoms with Crippen LogP contribution in [0.1, 0.15) is 23.6 Å². The van der Waals surface area contributed by atoms with E-state index in [1.54, 1.807) is 0 Å². The Balaban J connectivity index is 3.17. The van der Waals surface area contributed by atoms with Crippen molar-refractivity contribution in [2.24, 2.45) is 0 Å². The molecular weight excluding hydrogens is 180 g/mol. The van der Waals surface area contributed by atoms with Crippen LogP contribution >= 0.6 is 0 Å². The monoisotopic (exact) mass is 198 g/mol. The number of allylic oxidation sites excluding steroid dienone is 5. The van der Waals surface area contributed by atoms with Crippen LogP contribution in [0.3, 0.4) is 0 Å². The summed E-state index contributed by atoms with van der Waals surface area (Å²) in [6.07, 6.45) is 8.04. The van der Waals surface area contributed by atoms with Gasteiger partial charge in [0, 0.05) is 0 Å². The number of rotatable bonds is 3. The molecule has 0 N–H and O–H groups in total. The van der Waals surface area contributed by atoms with Gasteiger partial charge >= 0.3 is 0 Å². The molecule has 0 aliphatic rings. The van der Waals surface area contributed by atoms with Gasteiger partial charge in [0.2, 0.25) is 0 Å². The molecule has 0 spiro atoms. The highest BCUT2D eigenvalue weighted by molar-refractivity contribution is 5.75. The lowest BCUT2D eigenvalue weighted by molar-refractivity contribution is 1.37. The zero-order valence-corrected chi connectivity index (χ0v) is 9.75. The highest BCUT2D eigenvalue weighted by Crippen LogP contribution is 2.19. The standard InChI is InChI=1S/C15H18/c1-5-7-8-14(6-2)15-10-12(3)9-13(4)11-15/h5-11H,2H2,1,3-4H3/b7-5-,14-8+. The smallest absolute Gasteiger partial charge is 0.0179 e. The van der Waals surface area contributed by atoms with Gasteiger partial charge < -0.3 is 0 Å². The van der Waals surface area contributed by atoms with Crippen molar-refractivity contribution < 1.29 is 0 Å². The fraction of sp³-hybridized carbons (Fsp3) is 0.200. The van der Waals surface area contributed by atoms with E-state index in [9.17, 15) is 0 Å². The van der Waals surface area contributed by atoms with Gasteiger partial charge in [0.05, 0.1) is 0 Å². The second-order valence-electron chi connectivity index (χ2n) is 3.73. The average molecular weight is 198 g/mol. The van der Waals surface area contributed by atoms with E-state index in [0.717, 1.165) is 0 Å². The van der Waals surface area contributed by atoms with Gasteiger partial charge in [-0.05, 0) is 31.9 Å². The molecule has 0 unspecified atom stereocenters. The van der Waals surface area contributed by atoms with E-state index >= 15 is 0 Å². The molecule has 0 radical (unpaired) electrons. The number of benzene rings is 1. The molecule has 0 bridgehead atoms. The summed E-state index contributed by atoms with van der Waals surface area (Å²) < 4.78 is 0. The number of hydrogen-bond donors (Lipinski definition) is 0. The van der Waals surface area contributed by atoms with Gasteiger partial charge in [0.1, 0.15) is 0 Å². The topological polar surface area (TPSA) is 0 Å². The van der Waals surface area contributed by atoms with Crippen LogP contribution < -0.4 is 0 Å². The van der Waals surface area contributed by atoms with E-state index in [-0.39, 0.29) is 0 Å². The molecule has 0 aromatic heterocycles. The summed E-state index contributed by atoms with van der Waals surface area (Å²) in [6.45, 7) is 10.1. The van der Waals surface area contributed by atoms with Crippen LogP contribution in [0.2, 0.25) is 0 Å². The minimum Gasteiger partial charge on any atom is -0.0984 e. The van der Waals surface area contributed by atoms with E-state index in [0.29, 0.717) is 0 Å². The van der Waals surface area contributed by atoms with Crippen molar-refractivity contribution >= 4 is 5.57 Å². The summed E-state index contributed by atoms with van der Waals surface area (Å²) in [5.41, 5.74) is 4.98. The quantitative estimate of drug-likeness (QED) is 0.629. The zero-order chi connectivity index (χ0) is 11.3. The molecule has 0 heterocycles. The Kier molecular flexibility index (Phi) is 4.11. The zero-order valence-electron chi connectivity index (χ0n) is 9.75. The first-order valence-electron chi connectivity index (χ1n) is 5.21. The Bertz CT molecular complexity index is 386. The van der Waals surface area contributed by atoms with Crippen molar-refractivity contribution in [3.63, 3.8) is 0 Å². The maximum absolute atomic E-state index is 3.85. The summed E-state index contributed by atoms with van der Waals surface area (Å²) in [6, 6.07) is 6.55. The Morgan fingerprint density at radius 2 is 1.73 bits per heavy atom. The van der Waals surface area contributed by atoms with Crippen LogP contribution in [0.5, 0.6) is 0 Å². The minimum atomic E-state index is 1.17. The van der Waals surface area contributed by atoms with Crippen molar-refractivity contribution in [2.75, 3.05) is 0 Å². The van der Waals surface area contributed by atoms with E-state index in [4.69, 9.17) is 0 Å². The molecule has 0 saturated heterocycles. The first-order chi connectivity index (χ1) is 7.17. The van der Waals surface area contributed by atoms with E-state index in [1.807, 2.05) is 25.2 Å². The van der Waals surface area contributed by atoms with Crippen LogP contribution in [-0.4, -0.2) is 0 Å². The number of hydrogen-bond acceptors (Lipinski definition) is 0. The molecule has 1 aromatic carbocycles. The number of aryl methyl sites for hydroxylation is 2. The van der Waals surface area contributed by atoms with Crippen LogP contribution in [0, 0.1) is 13.8 Å². The van der Waals surface area contributed by atoms with Crippen LogP contribution in [0.4, 0.5) is 0 Å². The first-order valence-corrected chi connectivity index (χ1v) is 5.21. The third-order valence-electron chi connectivity index (χ3n) is 2.24. The molecule has 0 aliphatic carbocycles. The largest absolute Gasteiger partial charge is 0.0984 e. The van der Waals surface area contributed by atoms with Gasteiger partial charge in [-0.3, -0.25) is 0 Å². The molecule has 0 saturated carbocycles. The van der Waals surface area contributed by atoms with E-state index < -0.39 is 0 Å². The third kappa shape index (κ3) is 3.25. The fourth-order valence-electron chi connectivity index (χ4n) is 1.62. The van der Waals surface area contributed by atoms with Crippen molar-refractivity contribution in [3.05, 3.63) is 65.8 Å². The Labute approximate surface area is 92.6 Å². The molecule has 15 heavy (non-hydrogen) atoms. The summed E-state index contributed by atoms with van der Waals surface area (Å²) in [5, 5.41) is 0. The van der Waals surface area contributed by atoms with E-state index in [1.165, 1.54) is 22.3 Å². The highest BCUT2D eigenvalue weighted by Gasteiger charge is 1.98. The van der Waals surface area contributed by atoms with Gasteiger partial charge in [-0.25, -0.2) is 0 Å². The minimum absolute atomic E-state index is 1.17. The van der Waals surface area contributed by atoms with E-state index in [2.05, 4.69) is 44.7 Å². The van der Waals surface area contributed by atoms with Crippen molar-refractivity contribution in [1.29, 1.82) is 0 Å². The predicted molar refractivity (Wildman–Crippen MR) is 68.9 cm³/mol. The maximum atomic E-state index is 3.85. The molecule has 1 aromatic rings. The molecule has 0 aliphatic heterocycles. The Morgan fingerprint density at radius 3 is 2.20 bits per heavy atom. The highest BCUT2D eigenvalue weighted by atomic mass is 14.0. The second kappa shape index (κ2) is 5.35. The molecule has 1 rings (SSSR count). The fourth-order valence-corrected chi connectivity index (χ4v) is 1.62. The van der Waals surface area contributed by atoms with Crippen LogP contribution in [-0.2, 0) is 0 Å². The van der Waals surface area contributed by atoms with Crippen LogP contribution in [0.15, 0.2) is 49.1 Å². The molecular formula is C15H18. The van der Waals surface area contributed by atoms with Gasteiger partial charge in [0.25, 0.3) is 0 Å². The average Bonchev–Trinajstić information content (AvgIpc) is 2.17. The molecule has 0 nitrogen and oxygen atoms in total. The first kappa shape index (κ1) is 11.5. The summed E-state index contributed by atoms with van der Waals surface area (Å²) in [5.74, 6) is 0. The molecule has 0 heteroatoms. The predicted octanol–water partition coefficient (Wildman–Crippen LogP) is 4.45. The Hall–Kier alpha value is -1.56. The molecule has 0 atom stereocenters. The molecule has 0 fully saturated rings. The van der Waals surface area contributed by atoms with Crippen molar-refractivity contribution in [2.45, 2.75) is 20.8 Å². The van der Waals surface area contributed by atoms with Gasteiger partial charge in [-0.2, -0.15) is 0 Å². The van der Waals surface area contributed by atoms with Crippen LogP contribution in [0.25, 0.3) is 5.57 Å². The third-order valence-corrected chi connectivity index (χ3v) is 2.24. The summed E-state index contributed by atoms with van der Waals surface area (Å²) in [4.78, 5) is 0. The maximum Gasteiger partial charge on any atom is -0.0179 e. The SMILES string of the molecule is C=C/C(=C\C=C/C)c1cc(C)cc(C)c1. The van der Waals surface area contributed by atoms with Gasteiger partial charge in [-0.1, -0.05) is 60.2 Å². The normalized spacial score (nSPS) is 12.1. The summed E-state index contributed by atoms with van der Waals surface area (Å²) >= 11 is 0. The molecule has 0 amide bonds. The lowest BCUT2D eigenvalue weighted by Gasteiger charge is -2.05. The van der Waals surface area contributed by atoms with Crippen molar-refractivity contribution in [1.82, 2.24) is 0 Å². The lowest BCUT2D eigenvalue weighted by atomic mass is 10.0. The second-order valence-corrected chi connectivity index (χ2v) is 3.73. The van der Waals surface area contributed by atoms with Gasteiger partial charge in [0.15, 0.2) is 0 Å².